The molecule has 76 valence electrons. The third-order valence-electron chi connectivity index (χ3n) is 2.39. The summed E-state index contributed by atoms with van der Waals surface area (Å²) in [5.74, 6) is 0.102. The van der Waals surface area contributed by atoms with E-state index >= 15 is 0 Å². The SMILES string of the molecule is CN1Cc2ccc(CN)cc2C1=O.Cl. The van der Waals surface area contributed by atoms with Crippen LogP contribution in [0.5, 0.6) is 0 Å². The molecule has 0 saturated heterocycles. The van der Waals surface area contributed by atoms with Gasteiger partial charge in [0.1, 0.15) is 0 Å². The van der Waals surface area contributed by atoms with Gasteiger partial charge in [-0.15, -0.1) is 12.4 Å². The first-order valence-corrected chi connectivity index (χ1v) is 4.29. The molecule has 3 nitrogen and oxygen atoms in total. The third-order valence-corrected chi connectivity index (χ3v) is 2.39. The van der Waals surface area contributed by atoms with E-state index in [0.717, 1.165) is 23.2 Å². The molecule has 2 N–H and O–H groups in total. The molecule has 0 unspecified atom stereocenters. The molecule has 0 aromatic heterocycles. The Kier molecular flexibility index (Phi) is 3.13. The van der Waals surface area contributed by atoms with Crippen LogP contribution in [0.15, 0.2) is 18.2 Å². The van der Waals surface area contributed by atoms with Gasteiger partial charge in [-0.3, -0.25) is 4.79 Å². The first kappa shape index (κ1) is 11.0. The summed E-state index contributed by atoms with van der Waals surface area (Å²) < 4.78 is 0. The van der Waals surface area contributed by atoms with Crippen molar-refractivity contribution < 1.29 is 4.79 Å². The molecular formula is C10H13ClN2O. The van der Waals surface area contributed by atoms with E-state index in [9.17, 15) is 4.79 Å². The maximum Gasteiger partial charge on any atom is 0.254 e. The summed E-state index contributed by atoms with van der Waals surface area (Å²) in [5.41, 5.74) is 8.43. The van der Waals surface area contributed by atoms with Crippen LogP contribution in [0.25, 0.3) is 0 Å². The van der Waals surface area contributed by atoms with E-state index in [1.807, 2.05) is 25.2 Å². The number of carbonyl (C=O) groups is 1. The predicted molar refractivity (Wildman–Crippen MR) is 57.4 cm³/mol. The maximum absolute atomic E-state index is 11.5. The zero-order valence-corrected chi connectivity index (χ0v) is 8.80. The fraction of sp³-hybridized carbons (Fsp3) is 0.300. The van der Waals surface area contributed by atoms with E-state index in [1.54, 1.807) is 4.90 Å². The summed E-state index contributed by atoms with van der Waals surface area (Å²) in [6, 6.07) is 5.85. The normalized spacial score (nSPS) is 13.9. The highest BCUT2D eigenvalue weighted by molar-refractivity contribution is 5.98. The number of nitrogens with zero attached hydrogens (tertiary/aromatic N) is 1. The monoisotopic (exact) mass is 212 g/mol. The molecule has 1 aromatic rings. The van der Waals surface area contributed by atoms with Crippen LogP contribution in [-0.2, 0) is 13.1 Å². The van der Waals surface area contributed by atoms with Gasteiger partial charge in [0.05, 0.1) is 0 Å². The van der Waals surface area contributed by atoms with E-state index in [1.165, 1.54) is 0 Å². The third kappa shape index (κ3) is 1.61. The lowest BCUT2D eigenvalue weighted by Gasteiger charge is -2.04. The van der Waals surface area contributed by atoms with Crippen molar-refractivity contribution in [1.29, 1.82) is 0 Å². The minimum atomic E-state index is 0. The standard InChI is InChI=1S/C10H12N2O.ClH/c1-12-6-8-3-2-7(5-11)4-9(8)10(12)13;/h2-4H,5-6,11H2,1H3;1H. The van der Waals surface area contributed by atoms with Gasteiger partial charge in [0.25, 0.3) is 5.91 Å². The number of amides is 1. The number of benzene rings is 1. The molecule has 1 aromatic carbocycles. The van der Waals surface area contributed by atoms with Crippen LogP contribution in [-0.4, -0.2) is 17.9 Å². The van der Waals surface area contributed by atoms with Gasteiger partial charge in [-0.05, 0) is 17.2 Å². The van der Waals surface area contributed by atoms with Gasteiger partial charge in [0, 0.05) is 25.7 Å². The molecule has 1 aliphatic rings. The highest BCUT2D eigenvalue weighted by Crippen LogP contribution is 2.22. The number of hydrogen-bond acceptors (Lipinski definition) is 2. The number of nitrogens with two attached hydrogens (primary N) is 1. The van der Waals surface area contributed by atoms with Crippen LogP contribution in [0.2, 0.25) is 0 Å². The van der Waals surface area contributed by atoms with E-state index in [0.29, 0.717) is 6.54 Å². The number of halogens is 1. The highest BCUT2D eigenvalue weighted by atomic mass is 35.5. The second-order valence-electron chi connectivity index (χ2n) is 3.36. The van der Waals surface area contributed by atoms with E-state index < -0.39 is 0 Å². The quantitative estimate of drug-likeness (QED) is 0.759. The lowest BCUT2D eigenvalue weighted by atomic mass is 10.1. The summed E-state index contributed by atoms with van der Waals surface area (Å²) in [6.45, 7) is 1.21. The van der Waals surface area contributed by atoms with Crippen LogP contribution >= 0.6 is 12.4 Å². The summed E-state index contributed by atoms with van der Waals surface area (Å²) in [4.78, 5) is 13.3. The molecular weight excluding hydrogens is 200 g/mol. The lowest BCUT2D eigenvalue weighted by Crippen LogP contribution is -2.17. The van der Waals surface area contributed by atoms with E-state index in [4.69, 9.17) is 5.73 Å². The molecule has 0 saturated carbocycles. The first-order chi connectivity index (χ1) is 6.22. The molecule has 0 bridgehead atoms. The Balaban J connectivity index is 0.000000980. The van der Waals surface area contributed by atoms with Crippen LogP contribution in [0, 0.1) is 0 Å². The fourth-order valence-electron chi connectivity index (χ4n) is 1.62. The molecule has 0 aliphatic carbocycles. The Bertz CT molecular complexity index is 365. The van der Waals surface area contributed by atoms with Gasteiger partial charge < -0.3 is 10.6 Å². The van der Waals surface area contributed by atoms with Crippen molar-refractivity contribution >= 4 is 18.3 Å². The van der Waals surface area contributed by atoms with Crippen LogP contribution in [0.4, 0.5) is 0 Å². The topological polar surface area (TPSA) is 46.3 Å². The molecule has 0 radical (unpaired) electrons. The fourth-order valence-corrected chi connectivity index (χ4v) is 1.62. The molecule has 0 fully saturated rings. The van der Waals surface area contributed by atoms with Crippen molar-refractivity contribution in [1.82, 2.24) is 4.90 Å². The lowest BCUT2D eigenvalue weighted by molar-refractivity contribution is 0.0816. The summed E-state index contributed by atoms with van der Waals surface area (Å²) >= 11 is 0. The minimum Gasteiger partial charge on any atom is -0.337 e. The molecule has 2 rings (SSSR count). The molecule has 0 spiro atoms. The summed E-state index contributed by atoms with van der Waals surface area (Å²) in [5, 5.41) is 0. The van der Waals surface area contributed by atoms with Gasteiger partial charge >= 0.3 is 0 Å². The van der Waals surface area contributed by atoms with Crippen molar-refractivity contribution in [2.45, 2.75) is 13.1 Å². The largest absolute Gasteiger partial charge is 0.337 e. The number of hydrogen-bond donors (Lipinski definition) is 1. The van der Waals surface area contributed by atoms with Crippen molar-refractivity contribution in [3.63, 3.8) is 0 Å². The van der Waals surface area contributed by atoms with Gasteiger partial charge in [-0.1, -0.05) is 12.1 Å². The molecule has 1 aliphatic heterocycles. The number of carbonyl (C=O) groups excluding carboxylic acids is 1. The Morgan fingerprint density at radius 1 is 1.50 bits per heavy atom. The van der Waals surface area contributed by atoms with Crippen LogP contribution in [0.1, 0.15) is 21.5 Å². The minimum absolute atomic E-state index is 0. The smallest absolute Gasteiger partial charge is 0.254 e. The highest BCUT2D eigenvalue weighted by Gasteiger charge is 2.23. The Morgan fingerprint density at radius 2 is 2.21 bits per heavy atom. The van der Waals surface area contributed by atoms with Gasteiger partial charge in [-0.25, -0.2) is 0 Å². The maximum atomic E-state index is 11.5. The first-order valence-electron chi connectivity index (χ1n) is 4.29. The second-order valence-corrected chi connectivity index (χ2v) is 3.36. The molecule has 4 heteroatoms. The Morgan fingerprint density at radius 3 is 2.86 bits per heavy atom. The predicted octanol–water partition coefficient (Wildman–Crippen LogP) is 1.15. The van der Waals surface area contributed by atoms with E-state index in [-0.39, 0.29) is 18.3 Å². The van der Waals surface area contributed by atoms with Gasteiger partial charge in [-0.2, -0.15) is 0 Å². The van der Waals surface area contributed by atoms with Crippen molar-refractivity contribution in [3.8, 4) is 0 Å². The zero-order valence-electron chi connectivity index (χ0n) is 7.99. The molecule has 1 heterocycles. The molecule has 0 atom stereocenters. The van der Waals surface area contributed by atoms with E-state index in [2.05, 4.69) is 0 Å². The number of rotatable bonds is 1. The average molecular weight is 213 g/mol. The second kappa shape index (κ2) is 3.98. The molecule has 1 amide bonds. The Hall–Kier alpha value is -1.06. The Labute approximate surface area is 89.3 Å². The zero-order chi connectivity index (χ0) is 9.42. The molecule has 14 heavy (non-hydrogen) atoms. The van der Waals surface area contributed by atoms with Crippen LogP contribution in [0.3, 0.4) is 0 Å². The van der Waals surface area contributed by atoms with Crippen molar-refractivity contribution in [2.75, 3.05) is 7.05 Å². The summed E-state index contributed by atoms with van der Waals surface area (Å²) in [6.07, 6.45) is 0. The van der Waals surface area contributed by atoms with Crippen molar-refractivity contribution in [3.05, 3.63) is 34.9 Å². The van der Waals surface area contributed by atoms with Gasteiger partial charge in [0.15, 0.2) is 0 Å². The number of fused-ring (bicyclic) bond motifs is 1. The van der Waals surface area contributed by atoms with Crippen LogP contribution < -0.4 is 5.73 Å². The van der Waals surface area contributed by atoms with Gasteiger partial charge in [0.2, 0.25) is 0 Å². The average Bonchev–Trinajstić information content (AvgIpc) is 2.43. The summed E-state index contributed by atoms with van der Waals surface area (Å²) in [7, 11) is 1.81. The van der Waals surface area contributed by atoms with Crippen molar-refractivity contribution in [2.24, 2.45) is 5.73 Å².